The maximum atomic E-state index is 12.7. The van der Waals surface area contributed by atoms with Gasteiger partial charge in [0.2, 0.25) is 0 Å². The van der Waals surface area contributed by atoms with Crippen LogP contribution < -0.4 is 5.32 Å². The molecule has 29 heavy (non-hydrogen) atoms. The van der Waals surface area contributed by atoms with Crippen LogP contribution in [0.25, 0.3) is 0 Å². The summed E-state index contributed by atoms with van der Waals surface area (Å²) >= 11 is 0. The number of nitro groups is 1. The Kier molecular flexibility index (Phi) is 6.89. The number of ketones is 1. The molecule has 0 saturated carbocycles. The number of anilines is 1. The van der Waals surface area contributed by atoms with Crippen LogP contribution in [0, 0.1) is 10.1 Å². The summed E-state index contributed by atoms with van der Waals surface area (Å²) in [4.78, 5) is 34.6. The molecule has 2 N–H and O–H groups in total. The van der Waals surface area contributed by atoms with Gasteiger partial charge in [-0.3, -0.25) is 14.9 Å². The van der Waals surface area contributed by atoms with Crippen molar-refractivity contribution >= 4 is 23.1 Å². The van der Waals surface area contributed by atoms with Gasteiger partial charge in [-0.2, -0.15) is 13.2 Å². The monoisotopic (exact) mass is 412 g/mol. The average Bonchev–Trinajstić information content (AvgIpc) is 2.69. The van der Waals surface area contributed by atoms with Gasteiger partial charge in [0.25, 0.3) is 5.69 Å². The quantitative estimate of drug-likeness (QED) is 0.296. The lowest BCUT2D eigenvalue weighted by molar-refractivity contribution is -0.384. The van der Waals surface area contributed by atoms with Crippen molar-refractivity contribution in [2.24, 2.45) is 0 Å². The second kappa shape index (κ2) is 9.15. The Hall–Kier alpha value is -3.47. The third-order valence-electron chi connectivity index (χ3n) is 3.71. The van der Waals surface area contributed by atoms with Crippen LogP contribution in [0.4, 0.5) is 24.5 Å². The number of benzene rings is 2. The minimum atomic E-state index is -4.64. The normalized spacial score (nSPS) is 11.0. The highest BCUT2D eigenvalue weighted by molar-refractivity contribution is 6.01. The lowest BCUT2D eigenvalue weighted by Gasteiger charge is -2.11. The molecule has 0 aliphatic rings. The van der Waals surface area contributed by atoms with E-state index in [0.717, 1.165) is 30.3 Å². The fraction of sp³-hybridized carbons (Fsp3) is 0.222. The number of nitrogens with zero attached hydrogens (tertiary/aromatic N) is 1. The first-order chi connectivity index (χ1) is 13.6. The average molecular weight is 412 g/mol. The molecule has 2 rings (SSSR count). The Balaban J connectivity index is 2.17. The van der Waals surface area contributed by atoms with Crippen molar-refractivity contribution in [3.05, 3.63) is 69.3 Å². The Morgan fingerprint density at radius 3 is 2.52 bits per heavy atom. The minimum Gasteiger partial charge on any atom is -0.454 e. The number of Topliss-reactive ketones (excluding diaryl/α,β-unsaturated/α-hetero) is 1. The van der Waals surface area contributed by atoms with Crippen molar-refractivity contribution in [2.45, 2.75) is 6.18 Å². The van der Waals surface area contributed by atoms with Gasteiger partial charge in [0.05, 0.1) is 22.7 Å². The molecule has 0 radical (unpaired) electrons. The zero-order chi connectivity index (χ0) is 21.6. The van der Waals surface area contributed by atoms with Gasteiger partial charge in [0.1, 0.15) is 0 Å². The Bertz CT molecular complexity index is 930. The highest BCUT2D eigenvalue weighted by Crippen LogP contribution is 2.29. The van der Waals surface area contributed by atoms with Crippen LogP contribution in [-0.2, 0) is 10.9 Å². The van der Waals surface area contributed by atoms with Crippen LogP contribution in [-0.4, -0.2) is 41.5 Å². The summed E-state index contributed by atoms with van der Waals surface area (Å²) in [5.74, 6) is -1.96. The molecule has 0 unspecified atom stereocenters. The van der Waals surface area contributed by atoms with Crippen LogP contribution >= 0.6 is 0 Å². The molecule has 11 heteroatoms. The molecule has 0 saturated heterocycles. The molecule has 0 heterocycles. The van der Waals surface area contributed by atoms with Crippen molar-refractivity contribution in [3.8, 4) is 0 Å². The fourth-order valence-electron chi connectivity index (χ4n) is 2.32. The molecule has 0 atom stereocenters. The first kappa shape index (κ1) is 21.8. The molecule has 154 valence electrons. The van der Waals surface area contributed by atoms with E-state index in [0.29, 0.717) is 6.07 Å². The predicted molar refractivity (Wildman–Crippen MR) is 94.7 cm³/mol. The lowest BCUT2D eigenvalue weighted by Crippen LogP contribution is -2.17. The SMILES string of the molecule is O=C(COC(=O)c1cc([N+](=O)[O-])ccc1NCCO)c1cccc(C(F)(F)F)c1. The van der Waals surface area contributed by atoms with Crippen molar-refractivity contribution in [3.63, 3.8) is 0 Å². The van der Waals surface area contributed by atoms with Crippen LogP contribution in [0.1, 0.15) is 26.3 Å². The third-order valence-corrected chi connectivity index (χ3v) is 3.71. The summed E-state index contributed by atoms with van der Waals surface area (Å²) in [5, 5.41) is 22.5. The summed E-state index contributed by atoms with van der Waals surface area (Å²) in [7, 11) is 0. The van der Waals surface area contributed by atoms with Crippen LogP contribution in [0.3, 0.4) is 0 Å². The number of nitrogens with one attached hydrogen (secondary N) is 1. The summed E-state index contributed by atoms with van der Waals surface area (Å²) in [5.41, 5.74) is -1.87. The number of ether oxygens (including phenoxy) is 1. The second-order valence-corrected chi connectivity index (χ2v) is 5.72. The summed E-state index contributed by atoms with van der Waals surface area (Å²) in [6, 6.07) is 6.92. The third kappa shape index (κ3) is 5.75. The molecule has 0 aliphatic heterocycles. The number of carbonyl (C=O) groups excluding carboxylic acids is 2. The topological polar surface area (TPSA) is 119 Å². The predicted octanol–water partition coefficient (Wildman–Crippen LogP) is 3.06. The summed E-state index contributed by atoms with van der Waals surface area (Å²) < 4.78 is 43.0. The number of alkyl halides is 3. The molecule has 0 aliphatic carbocycles. The molecule has 0 bridgehead atoms. The number of rotatable bonds is 8. The van der Waals surface area contributed by atoms with Crippen LogP contribution in [0.5, 0.6) is 0 Å². The molecular formula is C18H15F3N2O6. The van der Waals surface area contributed by atoms with Crippen LogP contribution in [0.15, 0.2) is 42.5 Å². The number of nitro benzene ring substituents is 1. The van der Waals surface area contributed by atoms with Gasteiger partial charge in [0.15, 0.2) is 12.4 Å². The summed E-state index contributed by atoms with van der Waals surface area (Å²) in [6.07, 6.45) is -4.64. The maximum Gasteiger partial charge on any atom is 0.416 e. The van der Waals surface area contributed by atoms with E-state index in [1.807, 2.05) is 0 Å². The Morgan fingerprint density at radius 1 is 1.17 bits per heavy atom. The van der Waals surface area contributed by atoms with Crippen molar-refractivity contribution in [1.82, 2.24) is 0 Å². The summed E-state index contributed by atoms with van der Waals surface area (Å²) in [6.45, 7) is -1.09. The van der Waals surface area contributed by atoms with E-state index in [2.05, 4.69) is 5.32 Å². The number of aliphatic hydroxyl groups excluding tert-OH is 1. The minimum absolute atomic E-state index is 0.0429. The fourth-order valence-corrected chi connectivity index (χ4v) is 2.32. The molecule has 0 spiro atoms. The molecule has 2 aromatic rings. The van der Waals surface area contributed by atoms with Crippen LogP contribution in [0.2, 0.25) is 0 Å². The van der Waals surface area contributed by atoms with Crippen molar-refractivity contribution in [2.75, 3.05) is 25.1 Å². The zero-order valence-electron chi connectivity index (χ0n) is 14.7. The largest absolute Gasteiger partial charge is 0.454 e. The van der Waals surface area contributed by atoms with Gasteiger partial charge >= 0.3 is 12.1 Å². The molecule has 0 fully saturated rings. The standard InChI is InChI=1S/C18H15F3N2O6/c19-18(20,21)12-3-1-2-11(8-12)16(25)10-29-17(26)14-9-13(23(27)28)4-5-15(14)22-6-7-24/h1-5,8-9,22,24H,6-7,10H2. The molecule has 8 nitrogen and oxygen atoms in total. The van der Waals surface area contributed by atoms with Gasteiger partial charge in [0, 0.05) is 29.9 Å². The van der Waals surface area contributed by atoms with Gasteiger partial charge in [-0.25, -0.2) is 4.79 Å². The number of aliphatic hydroxyl groups is 1. The number of halogens is 3. The van der Waals surface area contributed by atoms with Gasteiger partial charge in [-0.05, 0) is 18.2 Å². The van der Waals surface area contributed by atoms with E-state index < -0.39 is 40.7 Å². The van der Waals surface area contributed by atoms with Gasteiger partial charge in [-0.15, -0.1) is 0 Å². The number of hydrogen-bond donors (Lipinski definition) is 2. The lowest BCUT2D eigenvalue weighted by atomic mass is 10.1. The Labute approximate surface area is 162 Å². The molecular weight excluding hydrogens is 397 g/mol. The number of non-ortho nitro benzene ring substituents is 1. The van der Waals surface area contributed by atoms with Gasteiger partial charge < -0.3 is 15.2 Å². The highest BCUT2D eigenvalue weighted by atomic mass is 19.4. The zero-order valence-corrected chi connectivity index (χ0v) is 14.7. The van der Waals surface area contributed by atoms with Gasteiger partial charge in [-0.1, -0.05) is 12.1 Å². The molecule has 0 amide bonds. The maximum absolute atomic E-state index is 12.7. The highest BCUT2D eigenvalue weighted by Gasteiger charge is 2.31. The van der Waals surface area contributed by atoms with E-state index in [1.54, 1.807) is 0 Å². The van der Waals surface area contributed by atoms with E-state index in [-0.39, 0.29) is 30.0 Å². The van der Waals surface area contributed by atoms with Crippen molar-refractivity contribution < 1.29 is 37.5 Å². The van der Waals surface area contributed by atoms with E-state index in [1.165, 1.54) is 6.07 Å². The number of carbonyl (C=O) groups is 2. The van der Waals surface area contributed by atoms with E-state index in [9.17, 15) is 32.9 Å². The second-order valence-electron chi connectivity index (χ2n) is 5.72. The van der Waals surface area contributed by atoms with Crippen molar-refractivity contribution in [1.29, 1.82) is 0 Å². The first-order valence-electron chi connectivity index (χ1n) is 8.14. The smallest absolute Gasteiger partial charge is 0.416 e. The number of esters is 1. The van der Waals surface area contributed by atoms with E-state index >= 15 is 0 Å². The molecule has 0 aromatic heterocycles. The molecule has 2 aromatic carbocycles. The number of hydrogen-bond acceptors (Lipinski definition) is 7. The first-order valence-corrected chi connectivity index (χ1v) is 8.14. The van der Waals surface area contributed by atoms with E-state index in [4.69, 9.17) is 9.84 Å². The Morgan fingerprint density at radius 2 is 1.90 bits per heavy atom.